The molecule has 21 heavy (non-hydrogen) atoms. The minimum absolute atomic E-state index is 0.0566. The number of benzene rings is 1. The molecule has 0 spiro atoms. The Kier molecular flexibility index (Phi) is 4.60. The number of nitrogens with one attached hydrogen (secondary N) is 2. The van der Waals surface area contributed by atoms with Crippen molar-refractivity contribution >= 4 is 34.2 Å². The molecule has 0 saturated heterocycles. The normalized spacial score (nSPS) is 17.5. The monoisotopic (exact) mass is 301 g/mol. The Labute approximate surface area is 127 Å². The van der Waals surface area contributed by atoms with Crippen molar-refractivity contribution in [1.82, 2.24) is 5.43 Å². The molecule has 1 atom stereocenters. The highest BCUT2D eigenvalue weighted by atomic mass is 32.2. The van der Waals surface area contributed by atoms with Crippen molar-refractivity contribution in [2.24, 2.45) is 11.0 Å². The number of amides is 1. The average Bonchev–Trinajstić information content (AvgIpc) is 2.49. The summed E-state index contributed by atoms with van der Waals surface area (Å²) in [6, 6.07) is 7.24. The SMILES string of the molecule is CSC(=N)N(C#N)c1ccc(C2=NNC(=O)CC2C)cc1. The van der Waals surface area contributed by atoms with Gasteiger partial charge in [-0.2, -0.15) is 10.4 Å². The van der Waals surface area contributed by atoms with E-state index in [2.05, 4.69) is 10.5 Å². The highest BCUT2D eigenvalue weighted by Gasteiger charge is 2.21. The van der Waals surface area contributed by atoms with E-state index in [0.29, 0.717) is 12.1 Å². The van der Waals surface area contributed by atoms with Crippen molar-refractivity contribution in [3.05, 3.63) is 29.8 Å². The number of hydrazone groups is 1. The predicted octanol–water partition coefficient (Wildman–Crippen LogP) is 2.13. The topological polar surface area (TPSA) is 92.3 Å². The lowest BCUT2D eigenvalue weighted by Crippen LogP contribution is -2.32. The van der Waals surface area contributed by atoms with Crippen LogP contribution in [0.3, 0.4) is 0 Å². The summed E-state index contributed by atoms with van der Waals surface area (Å²) in [5, 5.41) is 21.1. The second-order valence-electron chi connectivity index (χ2n) is 4.63. The molecule has 1 unspecified atom stereocenters. The van der Waals surface area contributed by atoms with Gasteiger partial charge in [0.25, 0.3) is 0 Å². The smallest absolute Gasteiger partial charge is 0.240 e. The van der Waals surface area contributed by atoms with E-state index in [1.54, 1.807) is 18.4 Å². The van der Waals surface area contributed by atoms with E-state index in [1.807, 2.05) is 25.2 Å². The van der Waals surface area contributed by atoms with Crippen LogP contribution in [0.5, 0.6) is 0 Å². The van der Waals surface area contributed by atoms with Gasteiger partial charge in [-0.15, -0.1) is 0 Å². The molecule has 1 aromatic carbocycles. The van der Waals surface area contributed by atoms with Crippen molar-refractivity contribution in [2.75, 3.05) is 11.2 Å². The maximum absolute atomic E-state index is 11.3. The second kappa shape index (κ2) is 6.41. The minimum atomic E-state index is -0.0769. The van der Waals surface area contributed by atoms with Gasteiger partial charge in [0.15, 0.2) is 11.4 Å². The van der Waals surface area contributed by atoms with Crippen LogP contribution in [-0.4, -0.2) is 23.0 Å². The van der Waals surface area contributed by atoms with Crippen LogP contribution in [0.15, 0.2) is 29.4 Å². The average molecular weight is 301 g/mol. The molecular formula is C14H15N5OS. The number of anilines is 1. The first kappa shape index (κ1) is 15.1. The number of hydrogen-bond donors (Lipinski definition) is 2. The molecular weight excluding hydrogens is 286 g/mol. The van der Waals surface area contributed by atoms with E-state index >= 15 is 0 Å². The van der Waals surface area contributed by atoms with Gasteiger partial charge in [0.1, 0.15) is 0 Å². The molecule has 0 aromatic heterocycles. The van der Waals surface area contributed by atoms with Crippen molar-refractivity contribution in [3.8, 4) is 6.19 Å². The molecule has 7 heteroatoms. The van der Waals surface area contributed by atoms with Crippen LogP contribution in [-0.2, 0) is 4.79 Å². The molecule has 0 fully saturated rings. The Morgan fingerprint density at radius 2 is 2.19 bits per heavy atom. The lowest BCUT2D eigenvalue weighted by atomic mass is 9.94. The van der Waals surface area contributed by atoms with Crippen molar-refractivity contribution in [2.45, 2.75) is 13.3 Å². The summed E-state index contributed by atoms with van der Waals surface area (Å²) in [7, 11) is 0. The molecule has 2 N–H and O–H groups in total. The lowest BCUT2D eigenvalue weighted by Gasteiger charge is -2.20. The molecule has 1 aromatic rings. The van der Waals surface area contributed by atoms with E-state index in [4.69, 9.17) is 10.7 Å². The van der Waals surface area contributed by atoms with Crippen LogP contribution in [0.25, 0.3) is 0 Å². The number of thioether (sulfide) groups is 1. The van der Waals surface area contributed by atoms with Gasteiger partial charge in [0.05, 0.1) is 11.4 Å². The van der Waals surface area contributed by atoms with Crippen LogP contribution < -0.4 is 10.3 Å². The van der Waals surface area contributed by atoms with Gasteiger partial charge >= 0.3 is 0 Å². The molecule has 0 bridgehead atoms. The van der Waals surface area contributed by atoms with Crippen LogP contribution in [0.2, 0.25) is 0 Å². The fraction of sp³-hybridized carbons (Fsp3) is 0.286. The first-order valence-electron chi connectivity index (χ1n) is 6.36. The molecule has 1 aliphatic rings. The van der Waals surface area contributed by atoms with Gasteiger partial charge in [0, 0.05) is 12.3 Å². The zero-order valence-corrected chi connectivity index (χ0v) is 12.6. The molecule has 6 nitrogen and oxygen atoms in total. The van der Waals surface area contributed by atoms with Gasteiger partial charge in [0.2, 0.25) is 5.91 Å². The summed E-state index contributed by atoms with van der Waals surface area (Å²) in [5.74, 6) is -0.0203. The molecule has 1 amide bonds. The molecule has 0 aliphatic carbocycles. The molecule has 2 rings (SSSR count). The second-order valence-corrected chi connectivity index (χ2v) is 5.42. The summed E-state index contributed by atoms with van der Waals surface area (Å²) < 4.78 is 0. The maximum atomic E-state index is 11.3. The van der Waals surface area contributed by atoms with Gasteiger partial charge < -0.3 is 0 Å². The Morgan fingerprint density at radius 1 is 1.52 bits per heavy atom. The van der Waals surface area contributed by atoms with Crippen LogP contribution >= 0.6 is 11.8 Å². The Morgan fingerprint density at radius 3 is 2.71 bits per heavy atom. The highest BCUT2D eigenvalue weighted by Crippen LogP contribution is 2.21. The summed E-state index contributed by atoms with van der Waals surface area (Å²) in [5.41, 5.74) is 4.85. The molecule has 1 aliphatic heterocycles. The molecule has 108 valence electrons. The van der Waals surface area contributed by atoms with Crippen molar-refractivity contribution < 1.29 is 4.79 Å². The third-order valence-electron chi connectivity index (χ3n) is 3.18. The van der Waals surface area contributed by atoms with E-state index in [1.165, 1.54) is 16.7 Å². The van der Waals surface area contributed by atoms with E-state index in [9.17, 15) is 4.79 Å². The van der Waals surface area contributed by atoms with Crippen LogP contribution in [0, 0.1) is 22.8 Å². The van der Waals surface area contributed by atoms with Crippen molar-refractivity contribution in [3.63, 3.8) is 0 Å². The van der Waals surface area contributed by atoms with Crippen LogP contribution in [0.4, 0.5) is 5.69 Å². The largest absolute Gasteiger partial charge is 0.278 e. The quantitative estimate of drug-likeness (QED) is 0.379. The fourth-order valence-corrected chi connectivity index (χ4v) is 2.42. The molecule has 0 radical (unpaired) electrons. The summed E-state index contributed by atoms with van der Waals surface area (Å²) in [6.07, 6.45) is 4.15. The zero-order valence-electron chi connectivity index (χ0n) is 11.8. The first-order chi connectivity index (χ1) is 10.1. The maximum Gasteiger partial charge on any atom is 0.240 e. The van der Waals surface area contributed by atoms with Gasteiger partial charge in [-0.25, -0.2) is 10.3 Å². The van der Waals surface area contributed by atoms with E-state index < -0.39 is 0 Å². The lowest BCUT2D eigenvalue weighted by molar-refractivity contribution is -0.121. The Hall–Kier alpha value is -2.33. The number of amidine groups is 1. The highest BCUT2D eigenvalue weighted by molar-refractivity contribution is 8.13. The molecule has 0 saturated carbocycles. The number of hydrogen-bond acceptors (Lipinski definition) is 5. The Bertz CT molecular complexity index is 632. The number of carbonyl (C=O) groups excluding carboxylic acids is 1. The Balaban J connectivity index is 2.25. The molecule has 1 heterocycles. The van der Waals surface area contributed by atoms with Crippen molar-refractivity contribution in [1.29, 1.82) is 10.7 Å². The number of carbonyl (C=O) groups is 1. The summed E-state index contributed by atoms with van der Waals surface area (Å²) >= 11 is 1.20. The van der Waals surface area contributed by atoms with E-state index in [0.717, 1.165) is 11.3 Å². The first-order valence-corrected chi connectivity index (χ1v) is 7.58. The summed E-state index contributed by atoms with van der Waals surface area (Å²) in [4.78, 5) is 12.5. The minimum Gasteiger partial charge on any atom is -0.278 e. The zero-order chi connectivity index (χ0) is 15.4. The number of nitrogens with zero attached hydrogens (tertiary/aromatic N) is 3. The van der Waals surface area contributed by atoms with Gasteiger partial charge in [-0.05, 0) is 24.0 Å². The number of rotatable bonds is 2. The fourth-order valence-electron chi connectivity index (χ4n) is 2.10. The third kappa shape index (κ3) is 3.23. The number of nitriles is 1. The third-order valence-corrected chi connectivity index (χ3v) is 3.75. The standard InChI is InChI=1S/C14H15N5OS/c1-9-7-12(20)17-18-13(9)10-3-5-11(6-4-10)19(8-15)14(16)21-2/h3-6,9,16H,7H2,1-2H3,(H,17,20). The van der Waals surface area contributed by atoms with Gasteiger partial charge in [-0.3, -0.25) is 10.2 Å². The van der Waals surface area contributed by atoms with Gasteiger partial charge in [-0.1, -0.05) is 30.8 Å². The summed E-state index contributed by atoms with van der Waals surface area (Å²) in [6.45, 7) is 1.95. The van der Waals surface area contributed by atoms with E-state index in [-0.39, 0.29) is 17.0 Å². The van der Waals surface area contributed by atoms with Crippen LogP contribution in [0.1, 0.15) is 18.9 Å². The predicted molar refractivity (Wildman–Crippen MR) is 84.2 cm³/mol.